The fraction of sp³-hybridized carbons (Fsp3) is 0.371. The summed E-state index contributed by atoms with van der Waals surface area (Å²) in [6, 6.07) is 21.6. The number of rotatable bonds is 0. The second-order valence-corrected chi connectivity index (χ2v) is 15.1. The number of thiophene rings is 2. The van der Waals surface area contributed by atoms with E-state index in [4.69, 9.17) is 9.98 Å². The van der Waals surface area contributed by atoms with Gasteiger partial charge in [0, 0.05) is 69.7 Å². The molecule has 0 spiro atoms. The van der Waals surface area contributed by atoms with Crippen LogP contribution < -0.4 is 5.32 Å². The Bertz CT molecular complexity index is 1720. The first-order valence-electron chi connectivity index (χ1n) is 15.6. The van der Waals surface area contributed by atoms with Crippen LogP contribution in [0.3, 0.4) is 0 Å². The van der Waals surface area contributed by atoms with Crippen molar-refractivity contribution in [1.29, 1.82) is 0 Å². The summed E-state index contributed by atoms with van der Waals surface area (Å²) in [4.78, 5) is 20.4. The van der Waals surface area contributed by atoms with Crippen molar-refractivity contribution in [3.05, 3.63) is 102 Å². The quantitative estimate of drug-likeness (QED) is 0.231. The molecule has 2 fully saturated rings. The normalized spacial score (nSPS) is 18.7. The molecule has 4 aromatic rings. The lowest BCUT2D eigenvalue weighted by Crippen LogP contribution is -2.56. The van der Waals surface area contributed by atoms with E-state index in [1.807, 2.05) is 29.7 Å². The second kappa shape index (κ2) is 12.2. The molecular formula is C35H41N6OS2+. The van der Waals surface area contributed by atoms with E-state index in [-0.39, 0.29) is 4.65 Å². The highest BCUT2D eigenvalue weighted by Gasteiger charge is 2.32. The number of quaternary nitrogens is 1. The van der Waals surface area contributed by atoms with Gasteiger partial charge in [-0.25, -0.2) is 15.2 Å². The molecule has 44 heavy (non-hydrogen) atoms. The molecule has 228 valence electrons. The lowest BCUT2D eigenvalue weighted by molar-refractivity contribution is -1.09. The van der Waals surface area contributed by atoms with Gasteiger partial charge in [-0.1, -0.05) is 36.4 Å². The zero-order valence-electron chi connectivity index (χ0n) is 25.8. The van der Waals surface area contributed by atoms with Crippen molar-refractivity contribution < 1.29 is 9.85 Å². The number of hydrogen-bond donors (Lipinski definition) is 2. The van der Waals surface area contributed by atoms with Gasteiger partial charge in [-0.3, -0.25) is 0 Å². The Morgan fingerprint density at radius 3 is 1.66 bits per heavy atom. The van der Waals surface area contributed by atoms with Crippen LogP contribution in [0, 0.1) is 13.8 Å². The fourth-order valence-corrected chi connectivity index (χ4v) is 8.57. The van der Waals surface area contributed by atoms with Gasteiger partial charge in [-0.05, 0) is 49.2 Å². The highest BCUT2D eigenvalue weighted by molar-refractivity contribution is 7.12. The van der Waals surface area contributed by atoms with Crippen LogP contribution in [0.25, 0.3) is 0 Å². The summed E-state index contributed by atoms with van der Waals surface area (Å²) in [5.41, 5.74) is 7.46. The highest BCUT2D eigenvalue weighted by Crippen LogP contribution is 2.35. The Balaban J connectivity index is 0.000000143. The lowest BCUT2D eigenvalue weighted by Gasteiger charge is -2.37. The molecule has 0 unspecified atom stereocenters. The molecule has 0 amide bonds. The van der Waals surface area contributed by atoms with E-state index < -0.39 is 0 Å². The SMILES string of the molecule is Cc1cc2c(s1)Cc1ccccc1N=C2N1CCNCC1.Cc1cc2c(s1)Cc1ccccc1N=C2N1CC[N+](C)(O)CC1. The molecule has 2 N–H and O–H groups in total. The van der Waals surface area contributed by atoms with Crippen molar-refractivity contribution in [3.63, 3.8) is 0 Å². The molecule has 0 bridgehead atoms. The summed E-state index contributed by atoms with van der Waals surface area (Å²) >= 11 is 3.79. The van der Waals surface area contributed by atoms with E-state index in [2.05, 4.69) is 89.6 Å². The number of likely N-dealkylation sites (N-methyl/N-ethyl adjacent to an activating group) is 1. The summed E-state index contributed by atoms with van der Waals surface area (Å²) in [6.07, 6.45) is 1.96. The van der Waals surface area contributed by atoms with Gasteiger partial charge in [-0.15, -0.1) is 22.7 Å². The number of amidine groups is 2. The smallest absolute Gasteiger partial charge is 0.138 e. The number of piperazine rings is 2. The van der Waals surface area contributed by atoms with E-state index >= 15 is 0 Å². The third-order valence-electron chi connectivity index (χ3n) is 8.90. The minimum absolute atomic E-state index is 0.107. The molecule has 4 aliphatic rings. The van der Waals surface area contributed by atoms with Crippen LogP contribution >= 0.6 is 22.7 Å². The van der Waals surface area contributed by atoms with Gasteiger partial charge in [0.05, 0.1) is 31.5 Å². The number of nitrogens with zero attached hydrogens (tertiary/aromatic N) is 5. The van der Waals surface area contributed by atoms with Crippen molar-refractivity contribution in [2.75, 3.05) is 59.4 Å². The minimum Gasteiger partial charge on any atom is -0.354 e. The molecule has 4 aliphatic heterocycles. The second-order valence-electron chi connectivity index (χ2n) is 12.4. The molecule has 0 atom stereocenters. The molecule has 7 nitrogen and oxygen atoms in total. The van der Waals surface area contributed by atoms with E-state index in [0.29, 0.717) is 0 Å². The molecule has 8 rings (SSSR count). The number of para-hydroxylation sites is 2. The van der Waals surface area contributed by atoms with Gasteiger partial charge < -0.3 is 15.1 Å². The Hall–Kier alpha value is -3.34. The average molecular weight is 626 g/mol. The van der Waals surface area contributed by atoms with Crippen LogP contribution in [-0.2, 0) is 12.8 Å². The van der Waals surface area contributed by atoms with Crippen molar-refractivity contribution in [2.45, 2.75) is 26.7 Å². The Morgan fingerprint density at radius 2 is 1.16 bits per heavy atom. The zero-order chi connectivity index (χ0) is 30.3. The van der Waals surface area contributed by atoms with Crippen LogP contribution in [0.15, 0.2) is 70.6 Å². The van der Waals surface area contributed by atoms with E-state index in [0.717, 1.165) is 82.4 Å². The predicted octanol–water partition coefficient (Wildman–Crippen LogP) is 6.13. The molecule has 0 aliphatic carbocycles. The number of aryl methyl sites for hydroxylation is 2. The summed E-state index contributed by atoms with van der Waals surface area (Å²) in [6.45, 7) is 11.7. The molecule has 9 heteroatoms. The van der Waals surface area contributed by atoms with Crippen LogP contribution in [0.1, 0.15) is 41.8 Å². The highest BCUT2D eigenvalue weighted by atomic mass is 32.1. The number of nitrogens with one attached hydrogen (secondary N) is 1. The van der Waals surface area contributed by atoms with E-state index in [1.165, 1.54) is 47.6 Å². The maximum atomic E-state index is 10.2. The first-order chi connectivity index (χ1) is 21.3. The Labute approximate surface area is 268 Å². The summed E-state index contributed by atoms with van der Waals surface area (Å²) in [5, 5.41) is 13.6. The van der Waals surface area contributed by atoms with E-state index in [1.54, 1.807) is 0 Å². The maximum absolute atomic E-state index is 10.2. The topological polar surface area (TPSA) is 63.5 Å². The molecule has 2 aromatic carbocycles. The summed E-state index contributed by atoms with van der Waals surface area (Å²) in [5.74, 6) is 2.25. The Kier molecular flexibility index (Phi) is 8.16. The van der Waals surface area contributed by atoms with Crippen LogP contribution in [0.4, 0.5) is 11.4 Å². The van der Waals surface area contributed by atoms with Crippen LogP contribution in [0.2, 0.25) is 0 Å². The largest absolute Gasteiger partial charge is 0.354 e. The number of aliphatic imine (C=N–C) groups is 2. The average Bonchev–Trinajstić information content (AvgIpc) is 3.48. The van der Waals surface area contributed by atoms with Crippen LogP contribution in [-0.4, -0.2) is 90.7 Å². The monoisotopic (exact) mass is 625 g/mol. The lowest BCUT2D eigenvalue weighted by atomic mass is 10.1. The zero-order valence-corrected chi connectivity index (χ0v) is 27.5. The molecule has 0 saturated carbocycles. The number of hydrogen-bond acceptors (Lipinski definition) is 8. The molecule has 2 saturated heterocycles. The van der Waals surface area contributed by atoms with Gasteiger partial charge in [0.25, 0.3) is 0 Å². The van der Waals surface area contributed by atoms with Gasteiger partial charge in [-0.2, -0.15) is 4.65 Å². The van der Waals surface area contributed by atoms with Gasteiger partial charge in [0.2, 0.25) is 0 Å². The van der Waals surface area contributed by atoms with Gasteiger partial charge in [0.1, 0.15) is 24.8 Å². The molecule has 6 heterocycles. The van der Waals surface area contributed by atoms with Crippen molar-refractivity contribution in [3.8, 4) is 0 Å². The number of fused-ring (bicyclic) bond motifs is 4. The van der Waals surface area contributed by atoms with Crippen molar-refractivity contribution in [2.24, 2.45) is 9.98 Å². The van der Waals surface area contributed by atoms with Crippen molar-refractivity contribution in [1.82, 2.24) is 15.1 Å². The summed E-state index contributed by atoms with van der Waals surface area (Å²) in [7, 11) is 1.88. The third-order valence-corrected chi connectivity index (χ3v) is 11.0. The third kappa shape index (κ3) is 6.12. The number of benzene rings is 2. The van der Waals surface area contributed by atoms with Gasteiger partial charge >= 0.3 is 0 Å². The molecule has 2 aromatic heterocycles. The first kappa shape index (κ1) is 29.4. The predicted molar refractivity (Wildman–Crippen MR) is 183 cm³/mol. The fourth-order valence-electron chi connectivity index (χ4n) is 6.47. The Morgan fingerprint density at radius 1 is 0.705 bits per heavy atom. The number of hydroxylamine groups is 3. The first-order valence-corrected chi connectivity index (χ1v) is 17.3. The van der Waals surface area contributed by atoms with Crippen LogP contribution in [0.5, 0.6) is 0 Å². The summed E-state index contributed by atoms with van der Waals surface area (Å²) < 4.78 is 0.107. The standard InChI is InChI=1S/C18H22N3OS.C17H19N3S/c1-13-11-15-17(23-13)12-14-5-3-4-6-16(14)19-18(15)20-7-9-21(2,22)10-8-20;1-12-10-14-16(21-12)11-13-4-2-3-5-15(13)19-17(14)20-8-6-18-7-9-20/h3-6,11,22H,7-10,12H2,1-2H3;2-5,10,18H,6-9,11H2,1H3/q+1;. The molecular weight excluding hydrogens is 585 g/mol. The maximum Gasteiger partial charge on any atom is 0.138 e. The van der Waals surface area contributed by atoms with Crippen molar-refractivity contribution >= 4 is 45.7 Å². The van der Waals surface area contributed by atoms with Gasteiger partial charge in [0.15, 0.2) is 0 Å². The molecule has 0 radical (unpaired) electrons. The van der Waals surface area contributed by atoms with E-state index in [9.17, 15) is 5.21 Å². The minimum atomic E-state index is 0.107.